The number of aromatic nitrogens is 4. The maximum atomic E-state index is 13.7. The van der Waals surface area contributed by atoms with Crippen LogP contribution in [0, 0.1) is 11.8 Å². The van der Waals surface area contributed by atoms with E-state index in [2.05, 4.69) is 31.0 Å². The van der Waals surface area contributed by atoms with Crippen molar-refractivity contribution in [3.8, 4) is 5.75 Å². The molecule has 1 saturated heterocycles. The van der Waals surface area contributed by atoms with E-state index in [1.807, 2.05) is 4.90 Å². The summed E-state index contributed by atoms with van der Waals surface area (Å²) in [5.41, 5.74) is 0.436. The Labute approximate surface area is 191 Å². The summed E-state index contributed by atoms with van der Waals surface area (Å²) in [5.74, 6) is -1.01. The highest BCUT2D eigenvalue weighted by molar-refractivity contribution is 7.19. The first-order valence-corrected chi connectivity index (χ1v) is 10.8. The molecule has 1 aromatic carbocycles. The number of ether oxygens (including phenoxy) is 2. The van der Waals surface area contributed by atoms with Crippen LogP contribution >= 0.6 is 11.3 Å². The van der Waals surface area contributed by atoms with E-state index in [9.17, 15) is 13.6 Å². The molecule has 3 aromatic rings. The fourth-order valence-corrected chi connectivity index (χ4v) is 4.20. The molecular weight excluding hydrogens is 456 g/mol. The highest BCUT2D eigenvalue weighted by atomic mass is 32.1. The first kappa shape index (κ1) is 22.7. The van der Waals surface area contributed by atoms with Crippen molar-refractivity contribution in [2.75, 3.05) is 42.8 Å². The minimum absolute atomic E-state index is 0.0157. The fourth-order valence-electron chi connectivity index (χ4n) is 3.48. The van der Waals surface area contributed by atoms with Crippen molar-refractivity contribution in [1.82, 2.24) is 20.4 Å². The Morgan fingerprint density at radius 3 is 2.70 bits per heavy atom. The summed E-state index contributed by atoms with van der Waals surface area (Å²) < 4.78 is 36.9. The molecule has 10 nitrogen and oxygen atoms in total. The van der Waals surface area contributed by atoms with Crippen LogP contribution in [0.25, 0.3) is 0 Å². The largest absolute Gasteiger partial charge is 0.494 e. The average Bonchev–Trinajstić information content (AvgIpc) is 3.45. The molecule has 1 aliphatic heterocycles. The first-order chi connectivity index (χ1) is 16.0. The van der Waals surface area contributed by atoms with E-state index in [1.54, 1.807) is 6.07 Å². The van der Waals surface area contributed by atoms with Gasteiger partial charge in [-0.15, -0.1) is 20.4 Å². The molecule has 1 fully saturated rings. The monoisotopic (exact) mass is 477 g/mol. The van der Waals surface area contributed by atoms with E-state index >= 15 is 0 Å². The molecule has 4 rings (SSSR count). The van der Waals surface area contributed by atoms with Crippen LogP contribution in [0.3, 0.4) is 0 Å². The maximum absolute atomic E-state index is 13.7. The molecule has 0 spiro atoms. The minimum Gasteiger partial charge on any atom is -0.494 e. The second-order valence-corrected chi connectivity index (χ2v) is 8.18. The number of nitrogens with zero attached hydrogens (tertiary/aromatic N) is 5. The molecule has 0 radical (unpaired) electrons. The SMILES string of the molecule is COc1cc(C(OC)C(=O)Nc2nnc(N[C@@H]3CCN(c4ccc(F)nn4)C3)s2)ccc1F. The number of benzene rings is 1. The lowest BCUT2D eigenvalue weighted by Crippen LogP contribution is -2.26. The molecule has 3 heterocycles. The van der Waals surface area contributed by atoms with Gasteiger partial charge in [-0.3, -0.25) is 10.1 Å². The quantitative estimate of drug-likeness (QED) is 0.505. The van der Waals surface area contributed by atoms with Crippen LogP contribution in [0.4, 0.5) is 24.9 Å². The Balaban J connectivity index is 1.35. The lowest BCUT2D eigenvalue weighted by molar-refractivity contribution is -0.126. The number of carbonyl (C=O) groups excluding carboxylic acids is 1. The standard InChI is InChI=1S/C20H21F2N7O3S/c1-31-14-9-11(3-4-13(14)21)17(32-2)18(30)24-20-28-27-19(33-20)23-12-7-8-29(10-12)16-6-5-15(22)25-26-16/h3-6,9,12,17H,7-8,10H2,1-2H3,(H,23,27)(H,24,28,30)/t12-,17?/m1/s1. The molecule has 0 saturated carbocycles. The summed E-state index contributed by atoms with van der Waals surface area (Å²) in [6.45, 7) is 1.37. The Morgan fingerprint density at radius 1 is 1.15 bits per heavy atom. The van der Waals surface area contributed by atoms with E-state index in [1.165, 1.54) is 49.8 Å². The number of halogens is 2. The normalized spacial score (nSPS) is 16.5. The van der Waals surface area contributed by atoms with Gasteiger partial charge < -0.3 is 19.7 Å². The second kappa shape index (κ2) is 10.0. The molecular formula is C20H21F2N7O3S. The van der Waals surface area contributed by atoms with Crippen molar-refractivity contribution in [2.45, 2.75) is 18.6 Å². The van der Waals surface area contributed by atoms with Gasteiger partial charge in [-0.25, -0.2) is 4.39 Å². The summed E-state index contributed by atoms with van der Waals surface area (Å²) in [6, 6.07) is 7.02. The lowest BCUT2D eigenvalue weighted by atomic mass is 10.1. The zero-order valence-electron chi connectivity index (χ0n) is 17.8. The van der Waals surface area contributed by atoms with Crippen molar-refractivity contribution in [1.29, 1.82) is 0 Å². The molecule has 174 valence electrons. The van der Waals surface area contributed by atoms with E-state index in [4.69, 9.17) is 9.47 Å². The number of nitrogens with one attached hydrogen (secondary N) is 2. The molecule has 13 heteroatoms. The molecule has 0 bridgehead atoms. The molecule has 1 amide bonds. The third kappa shape index (κ3) is 5.31. The van der Waals surface area contributed by atoms with E-state index in [0.29, 0.717) is 23.1 Å². The van der Waals surface area contributed by atoms with E-state index in [0.717, 1.165) is 13.0 Å². The number of rotatable bonds is 8. The minimum atomic E-state index is -0.986. The number of carbonyl (C=O) groups is 1. The summed E-state index contributed by atoms with van der Waals surface area (Å²) in [5, 5.41) is 22.2. The molecule has 33 heavy (non-hydrogen) atoms. The Morgan fingerprint density at radius 2 is 1.97 bits per heavy atom. The summed E-state index contributed by atoms with van der Waals surface area (Å²) in [6.07, 6.45) is -0.168. The van der Waals surface area contributed by atoms with Crippen LogP contribution in [0.2, 0.25) is 0 Å². The maximum Gasteiger partial charge on any atom is 0.259 e. The van der Waals surface area contributed by atoms with Crippen molar-refractivity contribution in [3.63, 3.8) is 0 Å². The van der Waals surface area contributed by atoms with Gasteiger partial charge in [0.25, 0.3) is 5.91 Å². The Hall–Kier alpha value is -3.45. The third-order valence-corrected chi connectivity index (χ3v) is 5.83. The van der Waals surface area contributed by atoms with Crippen LogP contribution in [-0.4, -0.2) is 59.7 Å². The molecule has 1 aliphatic rings. The number of amides is 1. The van der Waals surface area contributed by atoms with Gasteiger partial charge in [0.05, 0.1) is 7.11 Å². The number of methoxy groups -OCH3 is 2. The van der Waals surface area contributed by atoms with E-state index < -0.39 is 23.8 Å². The summed E-state index contributed by atoms with van der Waals surface area (Å²) >= 11 is 1.18. The third-order valence-electron chi connectivity index (χ3n) is 5.06. The molecule has 2 N–H and O–H groups in total. The van der Waals surface area contributed by atoms with Gasteiger partial charge in [0, 0.05) is 26.2 Å². The molecule has 1 unspecified atom stereocenters. The highest BCUT2D eigenvalue weighted by Gasteiger charge is 2.26. The first-order valence-electron chi connectivity index (χ1n) is 9.98. The van der Waals surface area contributed by atoms with Gasteiger partial charge >= 0.3 is 0 Å². The Kier molecular flexibility index (Phi) is 6.89. The molecule has 0 aliphatic carbocycles. The van der Waals surface area contributed by atoms with Gasteiger partial charge in [-0.05, 0) is 36.2 Å². The van der Waals surface area contributed by atoms with Gasteiger partial charge in [-0.1, -0.05) is 17.4 Å². The highest BCUT2D eigenvalue weighted by Crippen LogP contribution is 2.28. The van der Waals surface area contributed by atoms with Gasteiger partial charge in [-0.2, -0.15) is 4.39 Å². The molecule has 2 aromatic heterocycles. The van der Waals surface area contributed by atoms with Gasteiger partial charge in [0.2, 0.25) is 16.2 Å². The lowest BCUT2D eigenvalue weighted by Gasteiger charge is -2.16. The zero-order valence-corrected chi connectivity index (χ0v) is 18.6. The topological polar surface area (TPSA) is 114 Å². The van der Waals surface area contributed by atoms with Crippen LogP contribution < -0.4 is 20.3 Å². The van der Waals surface area contributed by atoms with Crippen molar-refractivity contribution in [2.24, 2.45) is 0 Å². The Bertz CT molecular complexity index is 1120. The summed E-state index contributed by atoms with van der Waals surface area (Å²) in [4.78, 5) is 14.7. The average molecular weight is 477 g/mol. The van der Waals surface area contributed by atoms with Crippen molar-refractivity contribution < 1.29 is 23.0 Å². The number of hydrogen-bond donors (Lipinski definition) is 2. The summed E-state index contributed by atoms with van der Waals surface area (Å²) in [7, 11) is 2.72. The second-order valence-electron chi connectivity index (χ2n) is 7.20. The van der Waals surface area contributed by atoms with Crippen LogP contribution in [0.15, 0.2) is 30.3 Å². The van der Waals surface area contributed by atoms with Crippen molar-refractivity contribution in [3.05, 3.63) is 47.7 Å². The smallest absolute Gasteiger partial charge is 0.259 e. The fraction of sp³-hybridized carbons (Fsp3) is 0.350. The van der Waals surface area contributed by atoms with Crippen molar-refractivity contribution >= 4 is 33.3 Å². The predicted octanol–water partition coefficient (Wildman–Crippen LogP) is 2.63. The molecule has 2 atom stereocenters. The van der Waals surface area contributed by atoms with Crippen LogP contribution in [-0.2, 0) is 9.53 Å². The zero-order chi connectivity index (χ0) is 23.4. The predicted molar refractivity (Wildman–Crippen MR) is 117 cm³/mol. The van der Waals surface area contributed by atoms with Crippen LogP contribution in [0.5, 0.6) is 5.75 Å². The van der Waals surface area contributed by atoms with Crippen LogP contribution in [0.1, 0.15) is 18.1 Å². The van der Waals surface area contributed by atoms with Gasteiger partial charge in [0.1, 0.15) is 0 Å². The number of hydrogen-bond acceptors (Lipinski definition) is 10. The van der Waals surface area contributed by atoms with E-state index in [-0.39, 0.29) is 16.9 Å². The van der Waals surface area contributed by atoms with Gasteiger partial charge in [0.15, 0.2) is 23.5 Å². The number of anilines is 3.